The number of nitrogens with one attached hydrogen (secondary N) is 2. The first-order chi connectivity index (χ1) is 10.0. The molecule has 1 aromatic heterocycles. The Morgan fingerprint density at radius 3 is 2.86 bits per heavy atom. The summed E-state index contributed by atoms with van der Waals surface area (Å²) in [5.41, 5.74) is 1.98. The highest BCUT2D eigenvalue weighted by Gasteiger charge is 2.20. The van der Waals surface area contributed by atoms with Gasteiger partial charge in [0.05, 0.1) is 12.5 Å². The monoisotopic (exact) mass is 287 g/mol. The second-order valence-electron chi connectivity index (χ2n) is 4.45. The summed E-state index contributed by atoms with van der Waals surface area (Å²) < 4.78 is 4.81. The molecule has 1 aliphatic heterocycles. The fourth-order valence-electron chi connectivity index (χ4n) is 2.05. The Morgan fingerprint density at radius 1 is 1.33 bits per heavy atom. The van der Waals surface area contributed by atoms with E-state index in [0.29, 0.717) is 11.4 Å². The Morgan fingerprint density at radius 2 is 2.14 bits per heavy atom. The van der Waals surface area contributed by atoms with Crippen LogP contribution in [0.25, 0.3) is 0 Å². The lowest BCUT2D eigenvalue weighted by atomic mass is 10.1. The summed E-state index contributed by atoms with van der Waals surface area (Å²) in [7, 11) is 0. The van der Waals surface area contributed by atoms with E-state index in [2.05, 4.69) is 10.6 Å². The molecule has 2 aromatic rings. The van der Waals surface area contributed by atoms with Crippen LogP contribution in [0.3, 0.4) is 0 Å². The zero-order valence-corrected chi connectivity index (χ0v) is 10.6. The summed E-state index contributed by atoms with van der Waals surface area (Å²) in [6.07, 6.45) is 0.255. The topological polar surface area (TPSA) is 114 Å². The van der Waals surface area contributed by atoms with Crippen molar-refractivity contribution in [2.24, 2.45) is 0 Å². The number of amides is 2. The van der Waals surface area contributed by atoms with E-state index in [1.54, 1.807) is 18.2 Å². The molecule has 8 nitrogen and oxygen atoms in total. The van der Waals surface area contributed by atoms with Gasteiger partial charge in [0.2, 0.25) is 5.91 Å². The molecule has 0 saturated heterocycles. The van der Waals surface area contributed by atoms with Gasteiger partial charge in [-0.3, -0.25) is 19.7 Å². The lowest BCUT2D eigenvalue weighted by Crippen LogP contribution is -2.10. The number of anilines is 2. The number of fused-ring (bicyclic) bond motifs is 1. The van der Waals surface area contributed by atoms with Crippen molar-refractivity contribution in [3.63, 3.8) is 0 Å². The summed E-state index contributed by atoms with van der Waals surface area (Å²) in [6, 6.07) is 7.31. The highest BCUT2D eigenvalue weighted by Crippen LogP contribution is 2.26. The van der Waals surface area contributed by atoms with Crippen LogP contribution in [0.4, 0.5) is 17.3 Å². The fourth-order valence-corrected chi connectivity index (χ4v) is 2.05. The standard InChI is InChI=1S/C13H9N3O5/c17-11-6-7-5-8(1-2-9(7)15-11)14-13(18)10-3-4-12(21-10)16(19)20/h1-5H,6H2,(H,14,18)(H,15,17). The van der Waals surface area contributed by atoms with E-state index in [4.69, 9.17) is 4.42 Å². The smallest absolute Gasteiger partial charge is 0.395 e. The van der Waals surface area contributed by atoms with Crippen molar-refractivity contribution in [1.29, 1.82) is 0 Å². The Hall–Kier alpha value is -3.16. The molecule has 2 heterocycles. The van der Waals surface area contributed by atoms with Crippen LogP contribution in [0.5, 0.6) is 0 Å². The number of carbonyl (C=O) groups is 2. The van der Waals surface area contributed by atoms with E-state index in [9.17, 15) is 19.7 Å². The summed E-state index contributed by atoms with van der Waals surface area (Å²) in [5, 5.41) is 15.7. The summed E-state index contributed by atoms with van der Waals surface area (Å²) in [4.78, 5) is 32.9. The predicted molar refractivity (Wildman–Crippen MR) is 72.1 cm³/mol. The first-order valence-corrected chi connectivity index (χ1v) is 6.01. The molecular formula is C13H9N3O5. The first kappa shape index (κ1) is 12.9. The normalized spacial score (nSPS) is 12.7. The average Bonchev–Trinajstić information content (AvgIpc) is 3.03. The van der Waals surface area contributed by atoms with Gasteiger partial charge in [0.1, 0.15) is 4.92 Å². The molecule has 1 aromatic carbocycles. The summed E-state index contributed by atoms with van der Waals surface area (Å²) in [6.45, 7) is 0. The van der Waals surface area contributed by atoms with E-state index in [1.165, 1.54) is 6.07 Å². The number of nitro groups is 1. The van der Waals surface area contributed by atoms with Crippen molar-refractivity contribution >= 4 is 29.1 Å². The van der Waals surface area contributed by atoms with Gasteiger partial charge in [0.25, 0.3) is 5.91 Å². The molecule has 0 saturated carbocycles. The lowest BCUT2D eigenvalue weighted by molar-refractivity contribution is -0.402. The van der Waals surface area contributed by atoms with Crippen LogP contribution in [0.1, 0.15) is 16.1 Å². The van der Waals surface area contributed by atoms with Crippen LogP contribution in [0.15, 0.2) is 34.7 Å². The van der Waals surface area contributed by atoms with Gasteiger partial charge in [-0.05, 0) is 29.8 Å². The fraction of sp³-hybridized carbons (Fsp3) is 0.0769. The molecule has 0 bridgehead atoms. The zero-order chi connectivity index (χ0) is 15.0. The summed E-state index contributed by atoms with van der Waals surface area (Å²) >= 11 is 0. The number of hydrogen-bond donors (Lipinski definition) is 2. The molecule has 21 heavy (non-hydrogen) atoms. The molecule has 0 spiro atoms. The van der Waals surface area contributed by atoms with Crippen LogP contribution in [-0.2, 0) is 11.2 Å². The van der Waals surface area contributed by atoms with Crippen molar-refractivity contribution < 1.29 is 18.9 Å². The number of rotatable bonds is 3. The molecule has 0 radical (unpaired) electrons. The quantitative estimate of drug-likeness (QED) is 0.661. The van der Waals surface area contributed by atoms with E-state index >= 15 is 0 Å². The third kappa shape index (κ3) is 2.46. The molecule has 0 atom stereocenters. The second kappa shape index (κ2) is 4.75. The van der Waals surface area contributed by atoms with Gasteiger partial charge in [-0.15, -0.1) is 0 Å². The van der Waals surface area contributed by atoms with Crippen molar-refractivity contribution in [3.8, 4) is 0 Å². The van der Waals surface area contributed by atoms with Crippen LogP contribution in [0, 0.1) is 10.1 Å². The van der Waals surface area contributed by atoms with Gasteiger partial charge in [-0.1, -0.05) is 0 Å². The highest BCUT2D eigenvalue weighted by molar-refractivity contribution is 6.04. The minimum absolute atomic E-state index is 0.102. The maximum Gasteiger partial charge on any atom is 0.433 e. The molecule has 0 fully saturated rings. The molecule has 2 N–H and O–H groups in total. The predicted octanol–water partition coefficient (Wildman–Crippen LogP) is 1.93. The minimum atomic E-state index is -0.719. The average molecular weight is 287 g/mol. The Kier molecular flexibility index (Phi) is 2.90. The van der Waals surface area contributed by atoms with E-state index in [0.717, 1.165) is 11.6 Å². The number of nitrogens with zero attached hydrogens (tertiary/aromatic N) is 1. The molecule has 3 rings (SSSR count). The third-order valence-electron chi connectivity index (χ3n) is 2.98. The lowest BCUT2D eigenvalue weighted by Gasteiger charge is -2.05. The number of carbonyl (C=O) groups excluding carboxylic acids is 2. The van der Waals surface area contributed by atoms with Gasteiger partial charge < -0.3 is 15.1 Å². The van der Waals surface area contributed by atoms with Gasteiger partial charge in [0.15, 0.2) is 5.76 Å². The molecule has 1 aliphatic rings. The Balaban J connectivity index is 1.77. The van der Waals surface area contributed by atoms with Crippen molar-refractivity contribution in [3.05, 3.63) is 51.8 Å². The first-order valence-electron chi connectivity index (χ1n) is 6.01. The van der Waals surface area contributed by atoms with Gasteiger partial charge >= 0.3 is 5.88 Å². The third-order valence-corrected chi connectivity index (χ3v) is 2.98. The maximum atomic E-state index is 11.9. The van der Waals surface area contributed by atoms with E-state index in [-0.39, 0.29) is 18.1 Å². The molecule has 0 unspecified atom stereocenters. The minimum Gasteiger partial charge on any atom is -0.395 e. The van der Waals surface area contributed by atoms with E-state index < -0.39 is 16.7 Å². The highest BCUT2D eigenvalue weighted by atomic mass is 16.6. The van der Waals surface area contributed by atoms with Gasteiger partial charge in [-0.25, -0.2) is 0 Å². The number of hydrogen-bond acceptors (Lipinski definition) is 5. The zero-order valence-electron chi connectivity index (χ0n) is 10.6. The van der Waals surface area contributed by atoms with Gasteiger partial charge in [-0.2, -0.15) is 0 Å². The largest absolute Gasteiger partial charge is 0.433 e. The van der Waals surface area contributed by atoms with Gasteiger partial charge in [0, 0.05) is 11.4 Å². The molecule has 106 valence electrons. The molecular weight excluding hydrogens is 278 g/mol. The SMILES string of the molecule is O=C1Cc2cc(NC(=O)c3ccc([N+](=O)[O-])o3)ccc2N1. The Labute approximate surface area is 117 Å². The van der Waals surface area contributed by atoms with Crippen LogP contribution in [-0.4, -0.2) is 16.7 Å². The van der Waals surface area contributed by atoms with Crippen molar-refractivity contribution in [2.75, 3.05) is 10.6 Å². The summed E-state index contributed by atoms with van der Waals surface area (Å²) in [5.74, 6) is -1.35. The van der Waals surface area contributed by atoms with Crippen molar-refractivity contribution in [2.45, 2.75) is 6.42 Å². The van der Waals surface area contributed by atoms with E-state index in [1.807, 2.05) is 0 Å². The molecule has 0 aliphatic carbocycles. The van der Waals surface area contributed by atoms with Crippen molar-refractivity contribution in [1.82, 2.24) is 0 Å². The van der Waals surface area contributed by atoms with Crippen LogP contribution >= 0.6 is 0 Å². The Bertz CT molecular complexity index is 765. The number of furan rings is 1. The maximum absolute atomic E-state index is 11.9. The number of benzene rings is 1. The van der Waals surface area contributed by atoms with Crippen LogP contribution < -0.4 is 10.6 Å². The van der Waals surface area contributed by atoms with Crippen LogP contribution in [0.2, 0.25) is 0 Å². The molecule has 8 heteroatoms. The molecule has 2 amide bonds. The second-order valence-corrected chi connectivity index (χ2v) is 4.45.